The second-order valence-corrected chi connectivity index (χ2v) is 5.00. The molecule has 14 heavy (non-hydrogen) atoms. The van der Waals surface area contributed by atoms with Crippen LogP contribution in [0, 0.1) is 11.8 Å². The minimum absolute atomic E-state index is 0.330. The standard InChI is InChI=1S/C12H17NO/c1-13-7-10-8-3-2-4-9(6-5-8)11(10)12(13)14/h8-9H,2-7H2,1H3. The molecule has 1 fully saturated rings. The molecule has 0 aromatic carbocycles. The van der Waals surface area contributed by atoms with Gasteiger partial charge in [-0.2, -0.15) is 0 Å². The molecule has 0 radical (unpaired) electrons. The third kappa shape index (κ3) is 0.999. The molecule has 1 heterocycles. The highest BCUT2D eigenvalue weighted by Gasteiger charge is 2.41. The quantitative estimate of drug-likeness (QED) is 0.573. The molecule has 2 bridgehead atoms. The van der Waals surface area contributed by atoms with Crippen LogP contribution < -0.4 is 0 Å². The SMILES string of the molecule is CN1CC2=C(C1=O)C1CCCC2CC1. The largest absolute Gasteiger partial charge is 0.338 e. The van der Waals surface area contributed by atoms with Gasteiger partial charge in [-0.1, -0.05) is 6.42 Å². The van der Waals surface area contributed by atoms with E-state index in [1.54, 1.807) is 0 Å². The zero-order valence-electron chi connectivity index (χ0n) is 8.75. The molecular formula is C12H17NO. The zero-order valence-corrected chi connectivity index (χ0v) is 8.75. The number of likely N-dealkylation sites (N-methyl/N-ethyl adjacent to an activating group) is 1. The molecule has 76 valence electrons. The van der Waals surface area contributed by atoms with Gasteiger partial charge in [0.2, 0.25) is 5.91 Å². The van der Waals surface area contributed by atoms with Crippen molar-refractivity contribution in [3.05, 3.63) is 11.1 Å². The maximum Gasteiger partial charge on any atom is 0.250 e. The van der Waals surface area contributed by atoms with Gasteiger partial charge < -0.3 is 4.90 Å². The van der Waals surface area contributed by atoms with Crippen molar-refractivity contribution in [2.75, 3.05) is 13.6 Å². The van der Waals surface area contributed by atoms with Gasteiger partial charge in [0.1, 0.15) is 0 Å². The average Bonchev–Trinajstić information content (AvgIpc) is 2.42. The Morgan fingerprint density at radius 3 is 2.71 bits per heavy atom. The lowest BCUT2D eigenvalue weighted by atomic mass is 9.79. The fraction of sp³-hybridized carbons (Fsp3) is 0.750. The van der Waals surface area contributed by atoms with Crippen LogP contribution in [0.5, 0.6) is 0 Å². The first-order valence-corrected chi connectivity index (χ1v) is 5.76. The van der Waals surface area contributed by atoms with Crippen LogP contribution in [0.4, 0.5) is 0 Å². The number of carbonyl (C=O) groups excluding carboxylic acids is 1. The van der Waals surface area contributed by atoms with E-state index in [1.165, 1.54) is 43.3 Å². The van der Waals surface area contributed by atoms with Crippen molar-refractivity contribution in [2.24, 2.45) is 11.8 Å². The highest BCUT2D eigenvalue weighted by Crippen LogP contribution is 2.46. The molecule has 1 aliphatic heterocycles. The van der Waals surface area contributed by atoms with E-state index in [0.29, 0.717) is 11.8 Å². The lowest BCUT2D eigenvalue weighted by Crippen LogP contribution is -2.24. The third-order valence-electron chi connectivity index (χ3n) is 4.20. The molecule has 3 aliphatic carbocycles. The van der Waals surface area contributed by atoms with E-state index in [2.05, 4.69) is 0 Å². The Bertz CT molecular complexity index is 314. The second kappa shape index (κ2) is 2.85. The van der Waals surface area contributed by atoms with Crippen molar-refractivity contribution >= 4 is 5.91 Å². The van der Waals surface area contributed by atoms with Gasteiger partial charge in [0.15, 0.2) is 0 Å². The molecule has 2 nitrogen and oxygen atoms in total. The molecule has 2 atom stereocenters. The maximum absolute atomic E-state index is 12.0. The van der Waals surface area contributed by atoms with Gasteiger partial charge in [-0.25, -0.2) is 0 Å². The van der Waals surface area contributed by atoms with E-state index < -0.39 is 0 Å². The molecule has 1 saturated carbocycles. The molecule has 1 amide bonds. The molecular weight excluding hydrogens is 174 g/mol. The van der Waals surface area contributed by atoms with Gasteiger partial charge in [0.05, 0.1) is 0 Å². The average molecular weight is 191 g/mol. The Morgan fingerprint density at radius 1 is 1.14 bits per heavy atom. The monoisotopic (exact) mass is 191 g/mol. The number of hydrogen-bond donors (Lipinski definition) is 0. The molecule has 4 aliphatic rings. The van der Waals surface area contributed by atoms with Crippen LogP contribution in [0.1, 0.15) is 32.1 Å². The van der Waals surface area contributed by atoms with Crippen LogP contribution in [0.3, 0.4) is 0 Å². The number of amides is 1. The van der Waals surface area contributed by atoms with Crippen LogP contribution in [0.2, 0.25) is 0 Å². The third-order valence-corrected chi connectivity index (χ3v) is 4.20. The summed E-state index contributed by atoms with van der Waals surface area (Å²) in [6, 6.07) is 0. The van der Waals surface area contributed by atoms with Crippen molar-refractivity contribution in [1.29, 1.82) is 0 Å². The minimum Gasteiger partial charge on any atom is -0.338 e. The summed E-state index contributed by atoms with van der Waals surface area (Å²) in [5.74, 6) is 1.69. The predicted molar refractivity (Wildman–Crippen MR) is 54.7 cm³/mol. The number of rotatable bonds is 0. The van der Waals surface area contributed by atoms with Crippen molar-refractivity contribution in [1.82, 2.24) is 4.90 Å². The summed E-state index contributed by atoms with van der Waals surface area (Å²) < 4.78 is 0. The molecule has 0 N–H and O–H groups in total. The fourth-order valence-corrected chi connectivity index (χ4v) is 3.48. The van der Waals surface area contributed by atoms with E-state index in [-0.39, 0.29) is 0 Å². The predicted octanol–water partition coefficient (Wildman–Crippen LogP) is 1.97. The van der Waals surface area contributed by atoms with E-state index in [1.807, 2.05) is 11.9 Å². The maximum atomic E-state index is 12.0. The smallest absolute Gasteiger partial charge is 0.250 e. The van der Waals surface area contributed by atoms with Crippen molar-refractivity contribution in [3.63, 3.8) is 0 Å². The van der Waals surface area contributed by atoms with Crippen LogP contribution in [0.15, 0.2) is 11.1 Å². The Hall–Kier alpha value is -0.790. The first kappa shape index (κ1) is 8.51. The molecule has 4 rings (SSSR count). The highest BCUT2D eigenvalue weighted by molar-refractivity contribution is 5.97. The van der Waals surface area contributed by atoms with E-state index in [0.717, 1.165) is 12.5 Å². The van der Waals surface area contributed by atoms with Crippen LogP contribution >= 0.6 is 0 Å². The summed E-state index contributed by atoms with van der Waals surface area (Å²) in [4.78, 5) is 13.9. The lowest BCUT2D eigenvalue weighted by Gasteiger charge is -2.24. The molecule has 2 heteroatoms. The summed E-state index contributed by atoms with van der Waals surface area (Å²) in [5, 5.41) is 0. The van der Waals surface area contributed by atoms with Gasteiger partial charge in [0, 0.05) is 19.2 Å². The van der Waals surface area contributed by atoms with Gasteiger partial charge in [0.25, 0.3) is 0 Å². The summed E-state index contributed by atoms with van der Waals surface area (Å²) in [5.41, 5.74) is 2.73. The first-order chi connectivity index (χ1) is 6.77. The van der Waals surface area contributed by atoms with Crippen molar-refractivity contribution < 1.29 is 4.79 Å². The van der Waals surface area contributed by atoms with Gasteiger partial charge in [-0.05, 0) is 43.1 Å². The molecule has 0 aromatic heterocycles. The van der Waals surface area contributed by atoms with Gasteiger partial charge >= 0.3 is 0 Å². The molecule has 0 aromatic rings. The number of hydrogen-bond acceptors (Lipinski definition) is 1. The summed E-state index contributed by atoms with van der Waals surface area (Å²) in [6.45, 7) is 0.926. The van der Waals surface area contributed by atoms with Crippen LogP contribution in [0.25, 0.3) is 0 Å². The normalized spacial score (nSPS) is 36.4. The Morgan fingerprint density at radius 2 is 1.86 bits per heavy atom. The van der Waals surface area contributed by atoms with Crippen LogP contribution in [-0.4, -0.2) is 24.4 Å². The van der Waals surface area contributed by atoms with Gasteiger partial charge in [-0.15, -0.1) is 0 Å². The lowest BCUT2D eigenvalue weighted by molar-refractivity contribution is -0.124. The summed E-state index contributed by atoms with van der Waals surface area (Å²) in [7, 11) is 1.94. The highest BCUT2D eigenvalue weighted by atomic mass is 16.2. The number of fused-ring (bicyclic) bond motifs is 3. The number of nitrogens with zero attached hydrogens (tertiary/aromatic N) is 1. The minimum atomic E-state index is 0.330. The molecule has 0 saturated heterocycles. The Labute approximate surface area is 85.0 Å². The summed E-state index contributed by atoms with van der Waals surface area (Å²) >= 11 is 0. The Balaban J connectivity index is 2.05. The second-order valence-electron chi connectivity index (χ2n) is 5.00. The van der Waals surface area contributed by atoms with E-state index >= 15 is 0 Å². The van der Waals surface area contributed by atoms with Crippen molar-refractivity contribution in [3.8, 4) is 0 Å². The topological polar surface area (TPSA) is 20.3 Å². The Kier molecular flexibility index (Phi) is 1.73. The van der Waals surface area contributed by atoms with Crippen molar-refractivity contribution in [2.45, 2.75) is 32.1 Å². The van der Waals surface area contributed by atoms with E-state index in [4.69, 9.17) is 0 Å². The summed E-state index contributed by atoms with van der Waals surface area (Å²) in [6.07, 6.45) is 6.53. The fourth-order valence-electron chi connectivity index (χ4n) is 3.48. The molecule has 2 unspecified atom stereocenters. The molecule has 0 spiro atoms. The zero-order chi connectivity index (χ0) is 9.71. The first-order valence-electron chi connectivity index (χ1n) is 5.76. The van der Waals surface area contributed by atoms with E-state index in [9.17, 15) is 4.79 Å². The van der Waals surface area contributed by atoms with Crippen LogP contribution in [-0.2, 0) is 4.79 Å². The number of carbonyl (C=O) groups is 1. The van der Waals surface area contributed by atoms with Gasteiger partial charge in [-0.3, -0.25) is 4.79 Å².